The van der Waals surface area contributed by atoms with Gasteiger partial charge in [-0.1, -0.05) is 10.3 Å². The number of methoxy groups -OCH3 is 1. The standard InChI is InChI=1S/C14H15N5O3/c1-16-22-19-9-8-18-13-10-11(14(20)21-2)4-5-12(13)17-7-3-6-15/h4-5,8-10,17H,1,3,7H2,2H3/b18-8?,19-9+. The summed E-state index contributed by atoms with van der Waals surface area (Å²) < 4.78 is 4.67. The van der Waals surface area contributed by atoms with Gasteiger partial charge in [-0.15, -0.1) is 0 Å². The topological polar surface area (TPSA) is 108 Å². The minimum atomic E-state index is -0.465. The highest BCUT2D eigenvalue weighted by atomic mass is 16.8. The van der Waals surface area contributed by atoms with Gasteiger partial charge in [-0.05, 0) is 18.2 Å². The van der Waals surface area contributed by atoms with Gasteiger partial charge in [0.2, 0.25) is 0 Å². The van der Waals surface area contributed by atoms with E-state index in [4.69, 9.17) is 5.26 Å². The van der Waals surface area contributed by atoms with Gasteiger partial charge in [-0.3, -0.25) is 4.99 Å². The maximum Gasteiger partial charge on any atom is 0.337 e. The fourth-order valence-corrected chi connectivity index (χ4v) is 1.49. The van der Waals surface area contributed by atoms with Crippen molar-refractivity contribution in [3.8, 4) is 6.07 Å². The summed E-state index contributed by atoms with van der Waals surface area (Å²) in [5.74, 6) is -0.465. The van der Waals surface area contributed by atoms with Crippen molar-refractivity contribution in [3.63, 3.8) is 0 Å². The van der Waals surface area contributed by atoms with Crippen LogP contribution in [0.3, 0.4) is 0 Å². The first-order valence-corrected chi connectivity index (χ1v) is 6.24. The molecule has 0 unspecified atom stereocenters. The molecule has 0 heterocycles. The number of esters is 1. The average Bonchev–Trinajstić information content (AvgIpc) is 2.55. The van der Waals surface area contributed by atoms with Gasteiger partial charge in [0, 0.05) is 19.5 Å². The number of nitrogens with one attached hydrogen (secondary N) is 1. The molecular weight excluding hydrogens is 286 g/mol. The van der Waals surface area contributed by atoms with E-state index in [0.29, 0.717) is 29.9 Å². The largest absolute Gasteiger partial charge is 0.465 e. The molecule has 0 aromatic heterocycles. The molecule has 8 heteroatoms. The van der Waals surface area contributed by atoms with Crippen molar-refractivity contribution in [3.05, 3.63) is 23.8 Å². The van der Waals surface area contributed by atoms with Crippen LogP contribution in [0.1, 0.15) is 16.8 Å². The number of aliphatic imine (C=N–C) groups is 1. The van der Waals surface area contributed by atoms with Crippen LogP contribution in [0.4, 0.5) is 11.4 Å². The molecule has 1 aromatic carbocycles. The van der Waals surface area contributed by atoms with Crippen LogP contribution in [-0.2, 0) is 9.68 Å². The zero-order chi connectivity index (χ0) is 16.2. The van der Waals surface area contributed by atoms with Crippen LogP contribution >= 0.6 is 0 Å². The van der Waals surface area contributed by atoms with Crippen LogP contribution in [0.25, 0.3) is 0 Å². The Kier molecular flexibility index (Phi) is 7.39. The molecule has 0 aliphatic rings. The van der Waals surface area contributed by atoms with Gasteiger partial charge in [-0.25, -0.2) is 9.73 Å². The number of nitriles is 1. The summed E-state index contributed by atoms with van der Waals surface area (Å²) in [6.07, 6.45) is 3.00. The highest BCUT2D eigenvalue weighted by Gasteiger charge is 2.09. The molecule has 1 rings (SSSR count). The van der Waals surface area contributed by atoms with E-state index in [1.807, 2.05) is 6.07 Å². The molecule has 0 aliphatic heterocycles. The summed E-state index contributed by atoms with van der Waals surface area (Å²) in [6, 6.07) is 6.90. The number of rotatable bonds is 8. The number of anilines is 1. The number of hydrogen-bond acceptors (Lipinski definition) is 8. The number of ether oxygens (including phenoxy) is 1. The van der Waals surface area contributed by atoms with Gasteiger partial charge in [0.05, 0.1) is 42.8 Å². The van der Waals surface area contributed by atoms with Crippen LogP contribution in [-0.4, -0.2) is 38.8 Å². The summed E-state index contributed by atoms with van der Waals surface area (Å²) in [6.45, 7) is 3.56. The van der Waals surface area contributed by atoms with Crippen LogP contribution in [0.5, 0.6) is 0 Å². The van der Waals surface area contributed by atoms with Gasteiger partial charge < -0.3 is 10.1 Å². The molecule has 0 amide bonds. The average molecular weight is 301 g/mol. The molecule has 0 aliphatic carbocycles. The Morgan fingerprint density at radius 2 is 2.32 bits per heavy atom. The lowest BCUT2D eigenvalue weighted by Crippen LogP contribution is -2.04. The number of carbonyl (C=O) groups is 1. The molecule has 0 spiro atoms. The lowest BCUT2D eigenvalue weighted by molar-refractivity contribution is 0.0601. The molecular formula is C14H15N5O3. The normalized spacial score (nSPS) is 10.4. The van der Waals surface area contributed by atoms with Gasteiger partial charge in [-0.2, -0.15) is 5.26 Å². The summed E-state index contributed by atoms with van der Waals surface area (Å²) in [5, 5.41) is 18.1. The van der Waals surface area contributed by atoms with Crippen LogP contribution in [0, 0.1) is 11.3 Å². The Morgan fingerprint density at radius 1 is 1.50 bits per heavy atom. The van der Waals surface area contributed by atoms with Crippen molar-refractivity contribution in [2.24, 2.45) is 15.3 Å². The molecule has 1 N–H and O–H groups in total. The third-order valence-corrected chi connectivity index (χ3v) is 2.42. The zero-order valence-corrected chi connectivity index (χ0v) is 12.0. The zero-order valence-electron chi connectivity index (χ0n) is 12.0. The molecule has 0 fully saturated rings. The lowest BCUT2D eigenvalue weighted by Gasteiger charge is -2.09. The van der Waals surface area contributed by atoms with Gasteiger partial charge in [0.1, 0.15) is 0 Å². The van der Waals surface area contributed by atoms with Crippen LogP contribution in [0.2, 0.25) is 0 Å². The third kappa shape index (κ3) is 5.42. The smallest absolute Gasteiger partial charge is 0.337 e. The Hall–Kier alpha value is -3.21. The first kappa shape index (κ1) is 16.8. The second-order valence-electron chi connectivity index (χ2n) is 3.80. The van der Waals surface area contributed by atoms with E-state index in [1.54, 1.807) is 18.2 Å². The van der Waals surface area contributed by atoms with Gasteiger partial charge >= 0.3 is 5.97 Å². The number of carbonyl (C=O) groups excluding carboxylic acids is 1. The second kappa shape index (κ2) is 9.66. The van der Waals surface area contributed by atoms with Gasteiger partial charge in [0.15, 0.2) is 0 Å². The Morgan fingerprint density at radius 3 is 3.00 bits per heavy atom. The summed E-state index contributed by atoms with van der Waals surface area (Å²) >= 11 is 0. The molecule has 8 nitrogen and oxygen atoms in total. The Labute approximate surface area is 127 Å². The molecule has 114 valence electrons. The summed E-state index contributed by atoms with van der Waals surface area (Å²) in [5.41, 5.74) is 1.54. The van der Waals surface area contributed by atoms with E-state index in [-0.39, 0.29) is 0 Å². The van der Waals surface area contributed by atoms with Crippen molar-refractivity contribution < 1.29 is 14.5 Å². The molecule has 0 atom stereocenters. The number of benzene rings is 1. The predicted octanol–water partition coefficient (Wildman–Crippen LogP) is 2.12. The fourth-order valence-electron chi connectivity index (χ4n) is 1.49. The maximum atomic E-state index is 11.5. The van der Waals surface area contributed by atoms with E-state index >= 15 is 0 Å². The fraction of sp³-hybridized carbons (Fsp3) is 0.214. The van der Waals surface area contributed by atoms with Gasteiger partial charge in [0.25, 0.3) is 0 Å². The van der Waals surface area contributed by atoms with Crippen molar-refractivity contribution >= 4 is 36.5 Å². The van der Waals surface area contributed by atoms with E-state index in [2.05, 4.69) is 37.0 Å². The molecule has 0 radical (unpaired) electrons. The van der Waals surface area contributed by atoms with Crippen molar-refractivity contribution in [2.45, 2.75) is 6.42 Å². The molecule has 1 aromatic rings. The SMILES string of the molecule is C=NO/N=C/C=Nc1cc(C(=O)OC)ccc1NCCC#N. The van der Waals surface area contributed by atoms with E-state index < -0.39 is 5.97 Å². The first-order valence-electron chi connectivity index (χ1n) is 6.24. The summed E-state index contributed by atoms with van der Waals surface area (Å²) in [7, 11) is 1.30. The van der Waals surface area contributed by atoms with Crippen molar-refractivity contribution in [1.82, 2.24) is 0 Å². The second-order valence-corrected chi connectivity index (χ2v) is 3.80. The molecule has 22 heavy (non-hydrogen) atoms. The summed E-state index contributed by atoms with van der Waals surface area (Å²) in [4.78, 5) is 20.0. The highest BCUT2D eigenvalue weighted by Crippen LogP contribution is 2.26. The predicted molar refractivity (Wildman–Crippen MR) is 83.8 cm³/mol. The lowest BCUT2D eigenvalue weighted by atomic mass is 10.1. The Bertz CT molecular complexity index is 619. The quantitative estimate of drug-likeness (QED) is 0.342. The third-order valence-electron chi connectivity index (χ3n) is 2.42. The first-order chi connectivity index (χ1) is 10.7. The van der Waals surface area contributed by atoms with E-state index in [0.717, 1.165) is 0 Å². The van der Waals surface area contributed by atoms with Crippen LogP contribution < -0.4 is 5.32 Å². The number of nitrogens with zero attached hydrogens (tertiary/aromatic N) is 4. The molecule has 0 saturated carbocycles. The highest BCUT2D eigenvalue weighted by molar-refractivity contribution is 6.16. The minimum absolute atomic E-state index is 0.349. The monoisotopic (exact) mass is 301 g/mol. The van der Waals surface area contributed by atoms with E-state index in [1.165, 1.54) is 19.5 Å². The number of oxime groups is 2. The van der Waals surface area contributed by atoms with E-state index in [9.17, 15) is 4.79 Å². The Balaban J connectivity index is 2.97. The van der Waals surface area contributed by atoms with Crippen molar-refractivity contribution in [1.29, 1.82) is 5.26 Å². The molecule has 0 saturated heterocycles. The minimum Gasteiger partial charge on any atom is -0.465 e. The molecule has 0 bridgehead atoms. The van der Waals surface area contributed by atoms with Crippen LogP contribution in [0.15, 0.2) is 33.5 Å². The number of hydrogen-bond donors (Lipinski definition) is 1. The maximum absolute atomic E-state index is 11.5. The van der Waals surface area contributed by atoms with Crippen molar-refractivity contribution in [2.75, 3.05) is 19.0 Å².